The first-order valence-corrected chi connectivity index (χ1v) is 10.5. The molecule has 144 valence electrons. The van der Waals surface area contributed by atoms with Crippen LogP contribution >= 0.6 is 22.9 Å². The molecule has 1 aliphatic rings. The van der Waals surface area contributed by atoms with Crippen LogP contribution in [-0.4, -0.2) is 22.2 Å². The van der Waals surface area contributed by atoms with Crippen molar-refractivity contribution in [2.75, 3.05) is 5.32 Å². The van der Waals surface area contributed by atoms with Crippen LogP contribution in [0.2, 0.25) is 5.02 Å². The first kappa shape index (κ1) is 18.9. The standard InChI is InChI=1S/C21H20ClN3O2S/c1-13(27-18-11-8-14-4-2-3-5-16(14)12-18)19(26)23-21-25-24-20(28-21)15-6-9-17(22)10-7-15/h6-13H,2-5H2,1H3,(H,23,25,26)/t13-/m1/s1. The van der Waals surface area contributed by atoms with Gasteiger partial charge in [-0.3, -0.25) is 10.1 Å². The van der Waals surface area contributed by atoms with Gasteiger partial charge in [0.05, 0.1) is 0 Å². The van der Waals surface area contributed by atoms with Crippen molar-refractivity contribution in [3.8, 4) is 16.3 Å². The van der Waals surface area contributed by atoms with Crippen LogP contribution in [0.25, 0.3) is 10.6 Å². The number of anilines is 1. The van der Waals surface area contributed by atoms with E-state index in [4.69, 9.17) is 16.3 Å². The van der Waals surface area contributed by atoms with Gasteiger partial charge in [0.2, 0.25) is 5.13 Å². The molecule has 1 atom stereocenters. The number of aryl methyl sites for hydroxylation is 2. The van der Waals surface area contributed by atoms with E-state index in [0.717, 1.165) is 29.2 Å². The van der Waals surface area contributed by atoms with Crippen LogP contribution in [0.15, 0.2) is 42.5 Å². The number of benzene rings is 2. The first-order chi connectivity index (χ1) is 13.6. The number of hydrogen-bond donors (Lipinski definition) is 1. The topological polar surface area (TPSA) is 64.1 Å². The summed E-state index contributed by atoms with van der Waals surface area (Å²) >= 11 is 7.22. The molecule has 1 heterocycles. The number of halogens is 1. The normalized spacial score (nSPS) is 14.2. The molecule has 0 fully saturated rings. The predicted molar refractivity (Wildman–Crippen MR) is 112 cm³/mol. The number of hydrogen-bond acceptors (Lipinski definition) is 5. The van der Waals surface area contributed by atoms with Gasteiger partial charge >= 0.3 is 0 Å². The molecule has 0 saturated carbocycles. The highest BCUT2D eigenvalue weighted by atomic mass is 35.5. The molecule has 3 aromatic rings. The van der Waals surface area contributed by atoms with E-state index in [1.54, 1.807) is 19.1 Å². The maximum Gasteiger partial charge on any atom is 0.266 e. The lowest BCUT2D eigenvalue weighted by molar-refractivity contribution is -0.122. The van der Waals surface area contributed by atoms with E-state index in [9.17, 15) is 4.79 Å². The van der Waals surface area contributed by atoms with Crippen molar-refractivity contribution in [3.05, 3.63) is 58.6 Å². The Bertz CT molecular complexity index is 988. The molecular weight excluding hydrogens is 394 g/mol. The zero-order valence-corrected chi connectivity index (χ0v) is 17.0. The van der Waals surface area contributed by atoms with Gasteiger partial charge in [-0.15, -0.1) is 10.2 Å². The minimum Gasteiger partial charge on any atom is -0.481 e. The van der Waals surface area contributed by atoms with Crippen LogP contribution in [-0.2, 0) is 17.6 Å². The number of amides is 1. The van der Waals surface area contributed by atoms with Crippen LogP contribution in [0.1, 0.15) is 30.9 Å². The lowest BCUT2D eigenvalue weighted by Gasteiger charge is -2.18. The molecule has 1 N–H and O–H groups in total. The summed E-state index contributed by atoms with van der Waals surface area (Å²) in [5.41, 5.74) is 3.62. The Hall–Kier alpha value is -2.44. The molecule has 1 aliphatic carbocycles. The number of nitrogens with one attached hydrogen (secondary N) is 1. The zero-order valence-electron chi connectivity index (χ0n) is 15.4. The number of carbonyl (C=O) groups excluding carboxylic acids is 1. The monoisotopic (exact) mass is 413 g/mol. The molecule has 5 nitrogen and oxygen atoms in total. The number of ether oxygens (including phenoxy) is 1. The summed E-state index contributed by atoms with van der Waals surface area (Å²) in [5, 5.41) is 12.8. The van der Waals surface area contributed by atoms with Gasteiger partial charge in [-0.05, 0) is 68.0 Å². The largest absolute Gasteiger partial charge is 0.481 e. The minimum atomic E-state index is -0.635. The lowest BCUT2D eigenvalue weighted by atomic mass is 9.92. The average molecular weight is 414 g/mol. The third-order valence-corrected chi connectivity index (χ3v) is 5.89. The highest BCUT2D eigenvalue weighted by molar-refractivity contribution is 7.18. The third-order valence-electron chi connectivity index (χ3n) is 4.75. The van der Waals surface area contributed by atoms with E-state index in [1.165, 1.54) is 35.3 Å². The molecule has 2 aromatic carbocycles. The van der Waals surface area contributed by atoms with Crippen molar-refractivity contribution in [1.29, 1.82) is 0 Å². The highest BCUT2D eigenvalue weighted by Crippen LogP contribution is 2.28. The molecule has 0 aliphatic heterocycles. The number of carbonyl (C=O) groups is 1. The molecule has 0 radical (unpaired) electrons. The average Bonchev–Trinajstić information content (AvgIpc) is 3.17. The summed E-state index contributed by atoms with van der Waals surface area (Å²) in [6, 6.07) is 13.4. The number of aromatic nitrogens is 2. The third kappa shape index (κ3) is 4.34. The fraction of sp³-hybridized carbons (Fsp3) is 0.286. The molecule has 0 unspecified atom stereocenters. The van der Waals surface area contributed by atoms with Gasteiger partial charge in [0.15, 0.2) is 6.10 Å². The summed E-state index contributed by atoms with van der Waals surface area (Å²) in [7, 11) is 0. The molecule has 1 aromatic heterocycles. The van der Waals surface area contributed by atoms with Crippen molar-refractivity contribution in [1.82, 2.24) is 10.2 Å². The van der Waals surface area contributed by atoms with Gasteiger partial charge in [0, 0.05) is 10.6 Å². The Morgan fingerprint density at radius 2 is 1.86 bits per heavy atom. The van der Waals surface area contributed by atoms with E-state index in [0.29, 0.717) is 10.2 Å². The Kier molecular flexibility index (Phi) is 5.59. The van der Waals surface area contributed by atoms with E-state index >= 15 is 0 Å². The van der Waals surface area contributed by atoms with Crippen molar-refractivity contribution in [2.45, 2.75) is 38.7 Å². The van der Waals surface area contributed by atoms with Gasteiger partial charge < -0.3 is 4.74 Å². The summed E-state index contributed by atoms with van der Waals surface area (Å²) in [5.74, 6) is 0.471. The molecule has 0 saturated heterocycles. The van der Waals surface area contributed by atoms with E-state index in [2.05, 4.69) is 27.6 Å². The number of fused-ring (bicyclic) bond motifs is 1. The molecule has 0 bridgehead atoms. The minimum absolute atomic E-state index is 0.253. The van der Waals surface area contributed by atoms with Crippen molar-refractivity contribution in [3.63, 3.8) is 0 Å². The molecule has 4 rings (SSSR count). The Balaban J connectivity index is 1.39. The quantitative estimate of drug-likeness (QED) is 0.628. The van der Waals surface area contributed by atoms with Crippen LogP contribution in [0.3, 0.4) is 0 Å². The second-order valence-electron chi connectivity index (χ2n) is 6.81. The van der Waals surface area contributed by atoms with Gasteiger partial charge in [-0.25, -0.2) is 0 Å². The van der Waals surface area contributed by atoms with Gasteiger partial charge in [-0.2, -0.15) is 0 Å². The summed E-state index contributed by atoms with van der Waals surface area (Å²) in [6.45, 7) is 1.73. The van der Waals surface area contributed by atoms with E-state index in [1.807, 2.05) is 18.2 Å². The second-order valence-corrected chi connectivity index (χ2v) is 8.22. The van der Waals surface area contributed by atoms with Crippen LogP contribution in [0, 0.1) is 0 Å². The summed E-state index contributed by atoms with van der Waals surface area (Å²) < 4.78 is 5.85. The fourth-order valence-electron chi connectivity index (χ4n) is 3.23. The van der Waals surface area contributed by atoms with E-state index < -0.39 is 6.10 Å². The summed E-state index contributed by atoms with van der Waals surface area (Å²) in [4.78, 5) is 12.5. The van der Waals surface area contributed by atoms with Gasteiger partial charge in [-0.1, -0.05) is 41.1 Å². The Labute approximate surface area is 172 Å². The Morgan fingerprint density at radius 1 is 1.11 bits per heavy atom. The zero-order chi connectivity index (χ0) is 19.5. The van der Waals surface area contributed by atoms with E-state index in [-0.39, 0.29) is 5.91 Å². The molecule has 7 heteroatoms. The number of rotatable bonds is 5. The predicted octanol–water partition coefficient (Wildman–Crippen LogP) is 5.14. The maximum absolute atomic E-state index is 12.5. The van der Waals surface area contributed by atoms with Crippen LogP contribution < -0.4 is 10.1 Å². The van der Waals surface area contributed by atoms with Gasteiger partial charge in [0.25, 0.3) is 5.91 Å². The Morgan fingerprint density at radius 3 is 2.64 bits per heavy atom. The molecule has 0 spiro atoms. The molecular formula is C21H20ClN3O2S. The van der Waals surface area contributed by atoms with Crippen molar-refractivity contribution in [2.24, 2.45) is 0 Å². The SMILES string of the molecule is C[C@@H](Oc1ccc2c(c1)CCCC2)C(=O)Nc1nnc(-c2ccc(Cl)cc2)s1. The smallest absolute Gasteiger partial charge is 0.266 e. The highest BCUT2D eigenvalue weighted by Gasteiger charge is 2.18. The van der Waals surface area contributed by atoms with Crippen LogP contribution in [0.4, 0.5) is 5.13 Å². The maximum atomic E-state index is 12.5. The first-order valence-electron chi connectivity index (χ1n) is 9.27. The van der Waals surface area contributed by atoms with Gasteiger partial charge in [0.1, 0.15) is 10.8 Å². The lowest BCUT2D eigenvalue weighted by Crippen LogP contribution is -2.30. The fourth-order valence-corrected chi connectivity index (χ4v) is 4.11. The summed E-state index contributed by atoms with van der Waals surface area (Å²) in [6.07, 6.45) is 4.01. The second kappa shape index (κ2) is 8.29. The van der Waals surface area contributed by atoms with Crippen LogP contribution in [0.5, 0.6) is 5.75 Å². The molecule has 28 heavy (non-hydrogen) atoms. The number of nitrogens with zero attached hydrogens (tertiary/aromatic N) is 2. The molecule has 1 amide bonds. The van der Waals surface area contributed by atoms with Crippen molar-refractivity contribution < 1.29 is 9.53 Å². The van der Waals surface area contributed by atoms with Crippen molar-refractivity contribution >= 4 is 34.0 Å².